The molecule has 1 aromatic heterocycles. The molecule has 0 saturated carbocycles. The molecule has 132 valence electrons. The van der Waals surface area contributed by atoms with Crippen molar-refractivity contribution in [3.05, 3.63) is 24.0 Å². The van der Waals surface area contributed by atoms with E-state index in [0.29, 0.717) is 12.1 Å². The summed E-state index contributed by atoms with van der Waals surface area (Å²) in [7, 11) is -0.240. The van der Waals surface area contributed by atoms with Gasteiger partial charge in [0.25, 0.3) is 0 Å². The summed E-state index contributed by atoms with van der Waals surface area (Å²) >= 11 is 0. The molecule has 0 aromatic carbocycles. The highest BCUT2D eigenvalue weighted by Crippen LogP contribution is 2.41. The molecule has 0 spiro atoms. The van der Waals surface area contributed by atoms with Gasteiger partial charge in [-0.1, -0.05) is 34.6 Å². The lowest BCUT2D eigenvalue weighted by molar-refractivity contribution is 0.0334. The number of aliphatic hydroxyl groups excluding tert-OH is 1. The first-order valence-corrected chi connectivity index (χ1v) is 11.2. The first-order chi connectivity index (χ1) is 10.3. The summed E-state index contributed by atoms with van der Waals surface area (Å²) in [4.78, 5) is 13.1. The van der Waals surface area contributed by atoms with E-state index in [1.807, 2.05) is 43.8 Å². The first-order valence-electron chi connectivity index (χ1n) is 8.28. The van der Waals surface area contributed by atoms with Crippen molar-refractivity contribution in [3.63, 3.8) is 0 Å². The molecule has 0 fully saturated rings. The zero-order valence-electron chi connectivity index (χ0n) is 15.9. The zero-order valence-corrected chi connectivity index (χ0v) is 16.9. The molecule has 4 nitrogen and oxygen atoms in total. The van der Waals surface area contributed by atoms with Crippen molar-refractivity contribution in [2.45, 2.75) is 65.3 Å². The molecule has 0 bridgehead atoms. The van der Waals surface area contributed by atoms with Gasteiger partial charge in [-0.25, -0.2) is 0 Å². The molecule has 1 rings (SSSR count). The molecule has 23 heavy (non-hydrogen) atoms. The van der Waals surface area contributed by atoms with Crippen LogP contribution in [0.5, 0.6) is 0 Å². The molecule has 1 aromatic rings. The summed E-state index contributed by atoms with van der Waals surface area (Å²) in [6.07, 6.45) is 1.85. The molecule has 0 radical (unpaired) electrons. The second kappa shape index (κ2) is 6.91. The van der Waals surface area contributed by atoms with E-state index < -0.39 is 19.8 Å². The third-order valence-electron chi connectivity index (χ3n) is 5.12. The van der Waals surface area contributed by atoms with E-state index in [2.05, 4.69) is 33.9 Å². The maximum absolute atomic E-state index is 13.1. The van der Waals surface area contributed by atoms with Crippen LogP contribution in [-0.2, 0) is 11.5 Å². The lowest BCUT2D eigenvalue weighted by Crippen LogP contribution is -2.51. The summed E-state index contributed by atoms with van der Waals surface area (Å²) in [5, 5.41) is 9.44. The monoisotopic (exact) mass is 339 g/mol. The summed E-state index contributed by atoms with van der Waals surface area (Å²) < 4.78 is 8.36. The standard InChI is InChI=1S/C18H33NO3Si/c1-17(2,3)23(7,8)22-16(18(4,5)11-13-20)15(21)14-10-9-12-19(14)6/h9-10,12,16,20H,11,13H2,1-8H3/t16-/m0/s1. The van der Waals surface area contributed by atoms with Crippen molar-refractivity contribution < 1.29 is 14.3 Å². The predicted molar refractivity (Wildman–Crippen MR) is 97.3 cm³/mol. The largest absolute Gasteiger partial charge is 0.406 e. The van der Waals surface area contributed by atoms with Crippen LogP contribution in [0.3, 0.4) is 0 Å². The number of carbonyl (C=O) groups is 1. The Balaban J connectivity index is 3.23. The summed E-state index contributed by atoms with van der Waals surface area (Å²) in [6, 6.07) is 3.70. The number of aliphatic hydroxyl groups is 1. The van der Waals surface area contributed by atoms with Gasteiger partial charge in [0, 0.05) is 19.9 Å². The fourth-order valence-corrected chi connectivity index (χ4v) is 3.68. The Labute approximate surface area is 142 Å². The Morgan fingerprint density at radius 1 is 1.30 bits per heavy atom. The highest BCUT2D eigenvalue weighted by atomic mass is 28.4. The number of Topliss-reactive ketones (excluding diaryl/α,β-unsaturated/α-hetero) is 1. The number of aromatic nitrogens is 1. The molecular weight excluding hydrogens is 306 g/mol. The van der Waals surface area contributed by atoms with E-state index in [9.17, 15) is 9.90 Å². The molecular formula is C18H33NO3Si. The second-order valence-corrected chi connectivity index (χ2v) is 13.3. The van der Waals surface area contributed by atoms with Gasteiger partial charge in [0.1, 0.15) is 6.10 Å². The number of hydrogen-bond acceptors (Lipinski definition) is 3. The molecule has 0 unspecified atom stereocenters. The molecule has 5 heteroatoms. The SMILES string of the molecule is Cn1cccc1C(=O)[C@H](O[Si](C)(C)C(C)(C)C)C(C)(C)CCO. The molecule has 1 atom stereocenters. The third kappa shape index (κ3) is 4.55. The van der Waals surface area contributed by atoms with E-state index in [4.69, 9.17) is 4.43 Å². The molecule has 0 saturated heterocycles. The quantitative estimate of drug-likeness (QED) is 0.603. The van der Waals surface area contributed by atoms with Gasteiger partial charge < -0.3 is 14.1 Å². The van der Waals surface area contributed by atoms with Crippen LogP contribution in [0.4, 0.5) is 0 Å². The number of hydrogen-bond donors (Lipinski definition) is 1. The minimum absolute atomic E-state index is 0.000718. The van der Waals surface area contributed by atoms with E-state index in [-0.39, 0.29) is 17.4 Å². The number of nitrogens with zero attached hydrogens (tertiary/aromatic N) is 1. The first kappa shape index (κ1) is 20.1. The van der Waals surface area contributed by atoms with Crippen LogP contribution >= 0.6 is 0 Å². The van der Waals surface area contributed by atoms with Crippen LogP contribution in [0.15, 0.2) is 18.3 Å². The maximum Gasteiger partial charge on any atom is 0.207 e. The second-order valence-electron chi connectivity index (χ2n) is 8.59. The van der Waals surface area contributed by atoms with Crippen molar-refractivity contribution in [2.24, 2.45) is 12.5 Å². The maximum atomic E-state index is 13.1. The minimum atomic E-state index is -2.11. The molecule has 1 N–H and O–H groups in total. The van der Waals surface area contributed by atoms with Gasteiger partial charge in [0.2, 0.25) is 5.78 Å². The normalized spacial score (nSPS) is 14.8. The highest BCUT2D eigenvalue weighted by Gasteiger charge is 2.45. The smallest absolute Gasteiger partial charge is 0.207 e. The van der Waals surface area contributed by atoms with Crippen molar-refractivity contribution in [1.29, 1.82) is 0 Å². The Hall–Kier alpha value is -0.913. The van der Waals surface area contributed by atoms with E-state index in [1.54, 1.807) is 0 Å². The Morgan fingerprint density at radius 2 is 1.87 bits per heavy atom. The zero-order chi connectivity index (χ0) is 18.1. The van der Waals surface area contributed by atoms with Gasteiger partial charge in [0.05, 0.1) is 5.69 Å². The van der Waals surface area contributed by atoms with Crippen molar-refractivity contribution in [2.75, 3.05) is 6.61 Å². The average Bonchev–Trinajstić information content (AvgIpc) is 2.80. The van der Waals surface area contributed by atoms with E-state index >= 15 is 0 Å². The third-order valence-corrected chi connectivity index (χ3v) is 9.56. The van der Waals surface area contributed by atoms with Crippen LogP contribution in [-0.4, -0.2) is 36.5 Å². The Bertz CT molecular complexity index is 541. The van der Waals surface area contributed by atoms with Crippen LogP contribution in [0, 0.1) is 5.41 Å². The lowest BCUT2D eigenvalue weighted by Gasteiger charge is -2.43. The van der Waals surface area contributed by atoms with Crippen LogP contribution in [0.1, 0.15) is 51.5 Å². The highest BCUT2D eigenvalue weighted by molar-refractivity contribution is 6.74. The van der Waals surface area contributed by atoms with Gasteiger partial charge in [-0.3, -0.25) is 4.79 Å². The van der Waals surface area contributed by atoms with Gasteiger partial charge in [0.15, 0.2) is 8.32 Å². The van der Waals surface area contributed by atoms with Gasteiger partial charge in [-0.2, -0.15) is 0 Å². The predicted octanol–water partition coefficient (Wildman–Crippen LogP) is 4.01. The number of rotatable bonds is 7. The summed E-state index contributed by atoms with van der Waals surface area (Å²) in [6.45, 7) is 14.9. The average molecular weight is 340 g/mol. The number of aryl methyl sites for hydroxylation is 1. The molecule has 0 aliphatic carbocycles. The van der Waals surface area contributed by atoms with Crippen LogP contribution in [0.25, 0.3) is 0 Å². The minimum Gasteiger partial charge on any atom is -0.406 e. The number of ketones is 1. The fourth-order valence-electron chi connectivity index (χ4n) is 2.31. The lowest BCUT2D eigenvalue weighted by atomic mass is 9.81. The fraction of sp³-hybridized carbons (Fsp3) is 0.722. The van der Waals surface area contributed by atoms with Crippen LogP contribution < -0.4 is 0 Å². The van der Waals surface area contributed by atoms with Gasteiger partial charge in [-0.05, 0) is 42.1 Å². The van der Waals surface area contributed by atoms with E-state index in [0.717, 1.165) is 0 Å². The Kier molecular flexibility index (Phi) is 6.05. The summed E-state index contributed by atoms with van der Waals surface area (Å²) in [5.74, 6) is 0.000718. The topological polar surface area (TPSA) is 51.5 Å². The number of carbonyl (C=O) groups excluding carboxylic acids is 1. The van der Waals surface area contributed by atoms with E-state index in [1.165, 1.54) is 0 Å². The molecule has 0 aliphatic heterocycles. The van der Waals surface area contributed by atoms with Gasteiger partial charge >= 0.3 is 0 Å². The van der Waals surface area contributed by atoms with Gasteiger partial charge in [-0.15, -0.1) is 0 Å². The van der Waals surface area contributed by atoms with Crippen molar-refractivity contribution in [1.82, 2.24) is 4.57 Å². The molecule has 0 aliphatic rings. The van der Waals surface area contributed by atoms with Crippen molar-refractivity contribution >= 4 is 14.1 Å². The summed E-state index contributed by atoms with van der Waals surface area (Å²) in [5.41, 5.74) is 0.228. The molecule has 1 heterocycles. The Morgan fingerprint density at radius 3 is 2.26 bits per heavy atom. The van der Waals surface area contributed by atoms with Crippen LogP contribution in [0.2, 0.25) is 18.1 Å². The van der Waals surface area contributed by atoms with Crippen molar-refractivity contribution in [3.8, 4) is 0 Å². The molecule has 0 amide bonds.